The van der Waals surface area contributed by atoms with Gasteiger partial charge in [0.15, 0.2) is 26.9 Å². The van der Waals surface area contributed by atoms with Crippen LogP contribution in [0, 0.1) is 11.6 Å². The zero-order valence-electron chi connectivity index (χ0n) is 20.0. The summed E-state index contributed by atoms with van der Waals surface area (Å²) in [7, 11) is -0.286. The number of ether oxygens (including phenoxy) is 2. The molecule has 4 aromatic rings. The highest BCUT2D eigenvalue weighted by Crippen LogP contribution is 2.38. The lowest BCUT2D eigenvalue weighted by atomic mass is 9.92. The fourth-order valence-electron chi connectivity index (χ4n) is 4.41. The van der Waals surface area contributed by atoms with Crippen LogP contribution in [0.3, 0.4) is 0 Å². The second-order valence-electron chi connectivity index (χ2n) is 8.66. The maximum atomic E-state index is 13.8. The van der Waals surface area contributed by atoms with Crippen molar-refractivity contribution in [3.63, 3.8) is 0 Å². The zero-order chi connectivity index (χ0) is 25.7. The number of hydrogen-bond donors (Lipinski definition) is 0. The number of hydrogen-bond acceptors (Lipinski definition) is 3. The Hall–Kier alpha value is -3.90. The zero-order valence-corrected chi connectivity index (χ0v) is 20.8. The molecule has 0 saturated carbocycles. The van der Waals surface area contributed by atoms with E-state index in [1.165, 1.54) is 21.9 Å². The summed E-state index contributed by atoms with van der Waals surface area (Å²) in [6.07, 6.45) is 4.57. The van der Waals surface area contributed by atoms with Crippen molar-refractivity contribution in [1.29, 1.82) is 0 Å². The van der Waals surface area contributed by atoms with E-state index in [1.54, 1.807) is 6.08 Å². The third kappa shape index (κ3) is 5.75. The van der Waals surface area contributed by atoms with Gasteiger partial charge < -0.3 is 9.47 Å². The Bertz CT molecular complexity index is 1330. The molecule has 1 aliphatic rings. The van der Waals surface area contributed by atoms with E-state index in [4.69, 9.17) is 9.47 Å². The molecule has 1 atom stereocenters. The van der Waals surface area contributed by atoms with Crippen LogP contribution in [0.5, 0.6) is 5.75 Å². The molecule has 0 bridgehead atoms. The SMILES string of the molecule is O=C(COc1ccc([S+](c2ccccc2)c2ccccc2)cc1)OC1(c2cc(F)cc(F)c2)C=CCC1. The molecule has 37 heavy (non-hydrogen) atoms. The minimum atomic E-state index is -1.20. The van der Waals surface area contributed by atoms with Crippen LogP contribution in [0.25, 0.3) is 0 Å². The lowest BCUT2D eigenvalue weighted by molar-refractivity contribution is -0.158. The third-order valence-corrected chi connectivity index (χ3v) is 8.32. The lowest BCUT2D eigenvalue weighted by Gasteiger charge is -2.28. The smallest absolute Gasteiger partial charge is 0.345 e. The van der Waals surface area contributed by atoms with E-state index in [2.05, 4.69) is 24.3 Å². The lowest BCUT2D eigenvalue weighted by Crippen LogP contribution is -2.31. The van der Waals surface area contributed by atoms with Gasteiger partial charge in [0.25, 0.3) is 0 Å². The molecule has 0 radical (unpaired) electrons. The summed E-state index contributed by atoms with van der Waals surface area (Å²) in [6.45, 7) is -0.324. The fourth-order valence-corrected chi connectivity index (χ4v) is 6.49. The summed E-state index contributed by atoms with van der Waals surface area (Å²) in [4.78, 5) is 16.2. The molecule has 0 spiro atoms. The topological polar surface area (TPSA) is 35.5 Å². The van der Waals surface area contributed by atoms with Gasteiger partial charge in [-0.05, 0) is 79.6 Å². The minimum absolute atomic E-state index is 0.269. The normalized spacial score (nSPS) is 16.6. The highest BCUT2D eigenvalue weighted by Gasteiger charge is 2.37. The molecule has 1 unspecified atom stereocenters. The summed E-state index contributed by atoms with van der Waals surface area (Å²) in [5.74, 6) is -1.52. The van der Waals surface area contributed by atoms with Gasteiger partial charge in [-0.3, -0.25) is 0 Å². The van der Waals surface area contributed by atoms with Crippen LogP contribution >= 0.6 is 0 Å². The van der Waals surface area contributed by atoms with Crippen LogP contribution < -0.4 is 4.74 Å². The van der Waals surface area contributed by atoms with Gasteiger partial charge in [0.1, 0.15) is 17.4 Å². The number of carbonyl (C=O) groups is 1. The first kappa shape index (κ1) is 24.8. The van der Waals surface area contributed by atoms with Crippen molar-refractivity contribution in [1.82, 2.24) is 0 Å². The number of halogens is 2. The van der Waals surface area contributed by atoms with E-state index in [9.17, 15) is 13.6 Å². The summed E-state index contributed by atoms with van der Waals surface area (Å²) < 4.78 is 39.1. The summed E-state index contributed by atoms with van der Waals surface area (Å²) in [6, 6.07) is 31.5. The second kappa shape index (κ2) is 11.0. The van der Waals surface area contributed by atoms with Gasteiger partial charge in [0.05, 0.1) is 10.9 Å². The Morgan fingerprint density at radius 1 is 0.784 bits per heavy atom. The van der Waals surface area contributed by atoms with Crippen molar-refractivity contribution in [2.45, 2.75) is 33.1 Å². The van der Waals surface area contributed by atoms with E-state index < -0.39 is 23.2 Å². The van der Waals surface area contributed by atoms with Gasteiger partial charge in [-0.15, -0.1) is 0 Å². The van der Waals surface area contributed by atoms with Gasteiger partial charge in [-0.2, -0.15) is 0 Å². The van der Waals surface area contributed by atoms with Crippen LogP contribution in [0.4, 0.5) is 8.78 Å². The number of allylic oxidation sites excluding steroid dienone is 1. The molecular weight excluding hydrogens is 490 g/mol. The molecule has 0 heterocycles. The molecule has 0 aliphatic heterocycles. The quantitative estimate of drug-likeness (QED) is 0.141. The Labute approximate surface area is 217 Å². The highest BCUT2D eigenvalue weighted by atomic mass is 32.2. The predicted molar refractivity (Wildman–Crippen MR) is 139 cm³/mol. The van der Waals surface area contributed by atoms with Gasteiger partial charge in [0, 0.05) is 11.6 Å². The minimum Gasteiger partial charge on any atom is -0.482 e. The molecule has 1 aliphatic carbocycles. The first-order valence-electron chi connectivity index (χ1n) is 12.0. The van der Waals surface area contributed by atoms with Crippen LogP contribution in [0.2, 0.25) is 0 Å². The molecule has 6 heteroatoms. The molecule has 5 rings (SSSR count). The Kier molecular flexibility index (Phi) is 7.37. The van der Waals surface area contributed by atoms with Gasteiger partial charge >= 0.3 is 5.97 Å². The first-order valence-corrected chi connectivity index (χ1v) is 13.2. The average molecular weight is 516 g/mol. The molecule has 0 fully saturated rings. The fraction of sp³-hybridized carbons (Fsp3) is 0.129. The molecular formula is C31H25F2O3S+. The largest absolute Gasteiger partial charge is 0.482 e. The standard InChI is InChI=1S/C31H25F2O3S/c32-24-19-23(20-25(33)21-24)31(17-7-8-18-31)36-30(34)22-35-26-13-15-29(16-14-26)37(27-9-3-1-4-10-27)28-11-5-2-6-12-28/h1-7,9-17,19-21H,8,18,22H2/q+1. The summed E-state index contributed by atoms with van der Waals surface area (Å²) >= 11 is 0. The molecule has 4 aromatic carbocycles. The van der Waals surface area contributed by atoms with E-state index in [1.807, 2.05) is 66.7 Å². The molecule has 0 N–H and O–H groups in total. The molecule has 3 nitrogen and oxygen atoms in total. The Morgan fingerprint density at radius 3 is 1.89 bits per heavy atom. The number of carbonyl (C=O) groups excluding carboxylic acids is 1. The van der Waals surface area contributed by atoms with Crippen molar-refractivity contribution >= 4 is 16.9 Å². The van der Waals surface area contributed by atoms with Crippen LogP contribution in [0.1, 0.15) is 18.4 Å². The van der Waals surface area contributed by atoms with E-state index in [0.29, 0.717) is 18.6 Å². The van der Waals surface area contributed by atoms with Crippen molar-refractivity contribution in [3.05, 3.63) is 132 Å². The molecule has 0 amide bonds. The highest BCUT2D eigenvalue weighted by molar-refractivity contribution is 7.97. The molecule has 0 saturated heterocycles. The van der Waals surface area contributed by atoms with E-state index >= 15 is 0 Å². The van der Waals surface area contributed by atoms with Gasteiger partial charge in [-0.1, -0.05) is 42.5 Å². The molecule has 186 valence electrons. The first-order chi connectivity index (χ1) is 18.0. The van der Waals surface area contributed by atoms with Crippen LogP contribution in [-0.2, 0) is 26.0 Å². The third-order valence-electron chi connectivity index (χ3n) is 6.09. The van der Waals surface area contributed by atoms with Crippen LogP contribution in [-0.4, -0.2) is 12.6 Å². The maximum Gasteiger partial charge on any atom is 0.345 e. The number of benzene rings is 4. The summed E-state index contributed by atoms with van der Waals surface area (Å²) in [5.41, 5.74) is -0.933. The van der Waals surface area contributed by atoms with Crippen molar-refractivity contribution in [2.24, 2.45) is 0 Å². The van der Waals surface area contributed by atoms with E-state index in [0.717, 1.165) is 11.0 Å². The number of rotatable bonds is 8. The monoisotopic (exact) mass is 515 g/mol. The summed E-state index contributed by atoms with van der Waals surface area (Å²) in [5, 5.41) is 0. The van der Waals surface area contributed by atoms with Crippen molar-refractivity contribution in [3.8, 4) is 5.75 Å². The second-order valence-corrected chi connectivity index (χ2v) is 10.7. The Morgan fingerprint density at radius 2 is 1.35 bits per heavy atom. The van der Waals surface area contributed by atoms with Gasteiger partial charge in [0.2, 0.25) is 0 Å². The van der Waals surface area contributed by atoms with E-state index in [-0.39, 0.29) is 23.1 Å². The Balaban J connectivity index is 1.28. The van der Waals surface area contributed by atoms with Crippen molar-refractivity contribution < 1.29 is 23.0 Å². The number of esters is 1. The maximum absolute atomic E-state index is 13.8. The van der Waals surface area contributed by atoms with Gasteiger partial charge in [-0.25, -0.2) is 13.6 Å². The molecule has 0 aromatic heterocycles. The predicted octanol–water partition coefficient (Wildman–Crippen LogP) is 7.23. The average Bonchev–Trinajstić information content (AvgIpc) is 3.39. The van der Waals surface area contributed by atoms with Crippen LogP contribution in [0.15, 0.2) is 130 Å². The van der Waals surface area contributed by atoms with Crippen molar-refractivity contribution in [2.75, 3.05) is 6.61 Å².